The van der Waals surface area contributed by atoms with Gasteiger partial charge in [0.1, 0.15) is 17.3 Å². The number of nitrogens with one attached hydrogen (secondary N) is 1. The van der Waals surface area contributed by atoms with Crippen LogP contribution in [0.2, 0.25) is 0 Å². The van der Waals surface area contributed by atoms with Gasteiger partial charge in [-0.25, -0.2) is 4.98 Å². The Balaban J connectivity index is 1.63. The van der Waals surface area contributed by atoms with Crippen molar-refractivity contribution in [2.75, 3.05) is 32.6 Å². The van der Waals surface area contributed by atoms with Gasteiger partial charge in [0.25, 0.3) is 5.91 Å². The van der Waals surface area contributed by atoms with Crippen LogP contribution in [0.5, 0.6) is 11.5 Å². The van der Waals surface area contributed by atoms with Crippen molar-refractivity contribution in [1.82, 2.24) is 9.88 Å². The lowest BCUT2D eigenvalue weighted by Gasteiger charge is -2.25. The molecule has 1 unspecified atom stereocenters. The molecule has 1 aliphatic heterocycles. The van der Waals surface area contributed by atoms with Gasteiger partial charge in [-0.05, 0) is 54.8 Å². The number of methoxy groups -OCH3 is 1. The Kier molecular flexibility index (Phi) is 5.38. The van der Waals surface area contributed by atoms with E-state index in [2.05, 4.69) is 10.3 Å². The van der Waals surface area contributed by atoms with Crippen molar-refractivity contribution in [1.29, 1.82) is 0 Å². The minimum atomic E-state index is 0.00105. The first-order valence-corrected chi connectivity index (χ1v) is 8.41. The summed E-state index contributed by atoms with van der Waals surface area (Å²) in [6, 6.07) is 11.3. The highest BCUT2D eigenvalue weighted by molar-refractivity contribution is 5.78. The van der Waals surface area contributed by atoms with E-state index in [0.717, 1.165) is 36.5 Å². The first-order valence-electron chi connectivity index (χ1n) is 8.41. The number of ether oxygens (including phenoxy) is 2. The Morgan fingerprint density at radius 2 is 2.04 bits per heavy atom. The molecule has 1 aromatic carbocycles. The van der Waals surface area contributed by atoms with Gasteiger partial charge >= 0.3 is 0 Å². The normalized spacial score (nSPS) is 16.6. The van der Waals surface area contributed by atoms with Gasteiger partial charge in [-0.3, -0.25) is 4.79 Å². The zero-order chi connectivity index (χ0) is 17.6. The number of aromatic nitrogens is 1. The van der Waals surface area contributed by atoms with E-state index in [1.807, 2.05) is 36.2 Å². The van der Waals surface area contributed by atoms with Crippen LogP contribution >= 0.6 is 0 Å². The average Bonchev–Trinajstić information content (AvgIpc) is 3.16. The molecule has 0 bridgehead atoms. The number of amides is 1. The molecule has 3 rings (SSSR count). The summed E-state index contributed by atoms with van der Waals surface area (Å²) in [4.78, 5) is 18.8. The van der Waals surface area contributed by atoms with Crippen LogP contribution in [0.4, 0.5) is 5.82 Å². The lowest BCUT2D eigenvalue weighted by molar-refractivity contribution is -0.134. The van der Waals surface area contributed by atoms with Crippen molar-refractivity contribution in [2.45, 2.75) is 18.9 Å². The maximum absolute atomic E-state index is 12.6. The van der Waals surface area contributed by atoms with Gasteiger partial charge in [0.05, 0.1) is 13.2 Å². The predicted molar refractivity (Wildman–Crippen MR) is 96.0 cm³/mol. The van der Waals surface area contributed by atoms with E-state index in [-0.39, 0.29) is 18.6 Å². The number of benzene rings is 1. The van der Waals surface area contributed by atoms with Crippen molar-refractivity contribution >= 4 is 11.7 Å². The average molecular weight is 341 g/mol. The molecular weight excluding hydrogens is 318 g/mol. The van der Waals surface area contributed by atoms with Crippen molar-refractivity contribution < 1.29 is 14.3 Å². The highest BCUT2D eigenvalue weighted by atomic mass is 16.5. The van der Waals surface area contributed by atoms with Crippen LogP contribution < -0.4 is 14.8 Å². The van der Waals surface area contributed by atoms with Gasteiger partial charge < -0.3 is 19.7 Å². The molecule has 0 spiro atoms. The molecule has 1 saturated heterocycles. The molecule has 1 aromatic heterocycles. The fourth-order valence-corrected chi connectivity index (χ4v) is 3.10. The van der Waals surface area contributed by atoms with Crippen LogP contribution in [0.25, 0.3) is 0 Å². The largest absolute Gasteiger partial charge is 0.497 e. The summed E-state index contributed by atoms with van der Waals surface area (Å²) in [5.41, 5.74) is 1.11. The minimum absolute atomic E-state index is 0.00105. The summed E-state index contributed by atoms with van der Waals surface area (Å²) in [5, 5.41) is 3.04. The Bertz CT molecular complexity index is 718. The Hall–Kier alpha value is -2.76. The Labute approximate surface area is 147 Å². The molecule has 6 nitrogen and oxygen atoms in total. The van der Waals surface area contributed by atoms with E-state index in [1.54, 1.807) is 25.4 Å². The molecule has 0 aliphatic carbocycles. The third-order valence-electron chi connectivity index (χ3n) is 4.42. The van der Waals surface area contributed by atoms with E-state index in [9.17, 15) is 4.79 Å². The number of carbonyl (C=O) groups is 1. The summed E-state index contributed by atoms with van der Waals surface area (Å²) in [6.07, 6.45) is 3.73. The van der Waals surface area contributed by atoms with Crippen LogP contribution in [-0.2, 0) is 4.79 Å². The third-order valence-corrected chi connectivity index (χ3v) is 4.42. The zero-order valence-corrected chi connectivity index (χ0v) is 14.6. The van der Waals surface area contributed by atoms with Crippen LogP contribution in [0.15, 0.2) is 42.6 Å². The van der Waals surface area contributed by atoms with E-state index < -0.39 is 0 Å². The maximum atomic E-state index is 12.6. The van der Waals surface area contributed by atoms with E-state index in [1.165, 1.54) is 0 Å². The zero-order valence-electron chi connectivity index (χ0n) is 14.6. The van der Waals surface area contributed by atoms with Gasteiger partial charge in [0.15, 0.2) is 6.61 Å². The number of pyridine rings is 1. The van der Waals surface area contributed by atoms with Gasteiger partial charge in [0.2, 0.25) is 0 Å². The van der Waals surface area contributed by atoms with Gasteiger partial charge in [0, 0.05) is 19.8 Å². The standard InChI is InChI=1S/C19H23N3O3/c1-20-18-12-14(9-10-21-18)17-4-3-11-22(17)19(23)13-25-16-7-5-15(24-2)6-8-16/h5-10,12,17H,3-4,11,13H2,1-2H3,(H,20,21). The Morgan fingerprint density at radius 1 is 1.28 bits per heavy atom. The fraction of sp³-hybridized carbons (Fsp3) is 0.368. The molecule has 0 saturated carbocycles. The molecular formula is C19H23N3O3. The van der Waals surface area contributed by atoms with Gasteiger partial charge in [-0.1, -0.05) is 0 Å². The van der Waals surface area contributed by atoms with Gasteiger partial charge in [-0.2, -0.15) is 0 Å². The molecule has 1 fully saturated rings. The van der Waals surface area contributed by atoms with Crippen molar-refractivity contribution in [2.24, 2.45) is 0 Å². The first-order chi connectivity index (χ1) is 12.2. The lowest BCUT2D eigenvalue weighted by atomic mass is 10.1. The van der Waals surface area contributed by atoms with E-state index in [0.29, 0.717) is 5.75 Å². The smallest absolute Gasteiger partial charge is 0.261 e. The van der Waals surface area contributed by atoms with Crippen molar-refractivity contribution in [3.05, 3.63) is 48.2 Å². The molecule has 2 aromatic rings. The fourth-order valence-electron chi connectivity index (χ4n) is 3.10. The van der Waals surface area contributed by atoms with E-state index in [4.69, 9.17) is 9.47 Å². The second-order valence-corrected chi connectivity index (χ2v) is 5.93. The molecule has 1 amide bonds. The number of likely N-dealkylation sites (tertiary alicyclic amines) is 1. The summed E-state index contributed by atoms with van der Waals surface area (Å²) in [5.74, 6) is 2.23. The summed E-state index contributed by atoms with van der Waals surface area (Å²) in [6.45, 7) is 0.791. The van der Waals surface area contributed by atoms with Crippen molar-refractivity contribution in [3.8, 4) is 11.5 Å². The summed E-state index contributed by atoms with van der Waals surface area (Å²) in [7, 11) is 3.46. The molecule has 2 heterocycles. The highest BCUT2D eigenvalue weighted by Crippen LogP contribution is 2.32. The lowest BCUT2D eigenvalue weighted by Crippen LogP contribution is -2.34. The molecule has 25 heavy (non-hydrogen) atoms. The molecule has 132 valence electrons. The van der Waals surface area contributed by atoms with Crippen molar-refractivity contribution in [3.63, 3.8) is 0 Å². The summed E-state index contributed by atoms with van der Waals surface area (Å²) < 4.78 is 10.8. The molecule has 1 N–H and O–H groups in total. The molecule has 1 aliphatic rings. The summed E-state index contributed by atoms with van der Waals surface area (Å²) >= 11 is 0. The minimum Gasteiger partial charge on any atom is -0.497 e. The number of carbonyl (C=O) groups excluding carboxylic acids is 1. The number of anilines is 1. The number of nitrogens with zero attached hydrogens (tertiary/aromatic N) is 2. The third kappa shape index (κ3) is 4.02. The topological polar surface area (TPSA) is 63.7 Å². The SMILES string of the molecule is CNc1cc(C2CCCN2C(=O)COc2ccc(OC)cc2)ccn1. The monoisotopic (exact) mass is 341 g/mol. The second kappa shape index (κ2) is 7.88. The van der Waals surface area contributed by atoms with Crippen LogP contribution in [-0.4, -0.2) is 43.1 Å². The maximum Gasteiger partial charge on any atom is 0.261 e. The van der Waals surface area contributed by atoms with Crippen LogP contribution in [0.3, 0.4) is 0 Å². The molecule has 1 atom stereocenters. The van der Waals surface area contributed by atoms with E-state index >= 15 is 0 Å². The number of hydrogen-bond donors (Lipinski definition) is 1. The van der Waals surface area contributed by atoms with Crippen LogP contribution in [0.1, 0.15) is 24.4 Å². The number of rotatable bonds is 6. The molecule has 6 heteroatoms. The van der Waals surface area contributed by atoms with Gasteiger partial charge in [-0.15, -0.1) is 0 Å². The molecule has 0 radical (unpaired) electrons. The predicted octanol–water partition coefficient (Wildman–Crippen LogP) is 2.87. The number of hydrogen-bond acceptors (Lipinski definition) is 5. The highest BCUT2D eigenvalue weighted by Gasteiger charge is 2.30. The quantitative estimate of drug-likeness (QED) is 0.875. The second-order valence-electron chi connectivity index (χ2n) is 5.93. The van der Waals surface area contributed by atoms with Crippen LogP contribution in [0, 0.1) is 0 Å². The Morgan fingerprint density at radius 3 is 2.76 bits per heavy atom. The first kappa shape index (κ1) is 17.1.